The van der Waals surface area contributed by atoms with E-state index in [1.54, 1.807) is 6.33 Å². The molecule has 3 rings (SSSR count). The third-order valence-corrected chi connectivity index (χ3v) is 3.62. The molecule has 0 aliphatic carbocycles. The average molecular weight is 276 g/mol. The SMILES string of the molecule is CN1CCN(CCNc2nc(N)nc3nc[nH]c23)CC1. The Hall–Kier alpha value is -1.93. The standard InChI is InChI=1S/C12H20N8/c1-19-4-6-20(7-5-19)3-2-14-10-9-11(16-8-15-9)18-12(13)17-10/h8H,2-7H2,1H3,(H4,13,14,15,16,17,18). The van der Waals surface area contributed by atoms with Gasteiger partial charge in [0.25, 0.3) is 0 Å². The molecule has 0 radical (unpaired) electrons. The lowest BCUT2D eigenvalue weighted by molar-refractivity contribution is 0.158. The quantitative estimate of drug-likeness (QED) is 0.698. The molecule has 108 valence electrons. The van der Waals surface area contributed by atoms with E-state index in [0.717, 1.165) is 50.6 Å². The molecule has 3 heterocycles. The number of aromatic nitrogens is 4. The lowest BCUT2D eigenvalue weighted by Crippen LogP contribution is -2.45. The van der Waals surface area contributed by atoms with Gasteiger partial charge in [-0.15, -0.1) is 0 Å². The fourth-order valence-electron chi connectivity index (χ4n) is 2.38. The second kappa shape index (κ2) is 5.59. The Labute approximate surface area is 117 Å². The first-order valence-electron chi connectivity index (χ1n) is 6.84. The van der Waals surface area contributed by atoms with Gasteiger partial charge in [-0.25, -0.2) is 4.98 Å². The van der Waals surface area contributed by atoms with Gasteiger partial charge in [-0.3, -0.25) is 4.90 Å². The molecule has 20 heavy (non-hydrogen) atoms. The monoisotopic (exact) mass is 276 g/mol. The van der Waals surface area contributed by atoms with Gasteiger partial charge >= 0.3 is 0 Å². The number of anilines is 2. The van der Waals surface area contributed by atoms with Gasteiger partial charge in [-0.1, -0.05) is 0 Å². The number of hydrogen-bond donors (Lipinski definition) is 3. The van der Waals surface area contributed by atoms with Gasteiger partial charge in [-0.05, 0) is 7.05 Å². The van der Waals surface area contributed by atoms with Crippen LogP contribution >= 0.6 is 0 Å². The van der Waals surface area contributed by atoms with Crippen molar-refractivity contribution in [1.29, 1.82) is 0 Å². The Bertz CT molecular complexity index is 572. The summed E-state index contributed by atoms with van der Waals surface area (Å²) >= 11 is 0. The van der Waals surface area contributed by atoms with Gasteiger partial charge in [-0.2, -0.15) is 9.97 Å². The number of hydrogen-bond acceptors (Lipinski definition) is 7. The number of piperazine rings is 1. The van der Waals surface area contributed by atoms with Crippen molar-refractivity contribution in [2.24, 2.45) is 0 Å². The Balaban J connectivity index is 1.58. The zero-order valence-corrected chi connectivity index (χ0v) is 11.6. The molecule has 0 spiro atoms. The molecule has 2 aromatic heterocycles. The predicted molar refractivity (Wildman–Crippen MR) is 78.5 cm³/mol. The van der Waals surface area contributed by atoms with Gasteiger partial charge in [0.15, 0.2) is 11.5 Å². The van der Waals surface area contributed by atoms with Crippen molar-refractivity contribution in [3.8, 4) is 0 Å². The van der Waals surface area contributed by atoms with Crippen LogP contribution < -0.4 is 11.1 Å². The number of rotatable bonds is 4. The summed E-state index contributed by atoms with van der Waals surface area (Å²) in [5.41, 5.74) is 7.08. The third-order valence-electron chi connectivity index (χ3n) is 3.62. The summed E-state index contributed by atoms with van der Waals surface area (Å²) in [5, 5.41) is 3.32. The van der Waals surface area contributed by atoms with Crippen LogP contribution in [0.5, 0.6) is 0 Å². The van der Waals surface area contributed by atoms with E-state index in [0.29, 0.717) is 5.65 Å². The number of nitrogens with zero attached hydrogens (tertiary/aromatic N) is 5. The van der Waals surface area contributed by atoms with Crippen molar-refractivity contribution in [3.05, 3.63) is 6.33 Å². The normalized spacial score (nSPS) is 17.6. The summed E-state index contributed by atoms with van der Waals surface area (Å²) in [6, 6.07) is 0. The number of nitrogen functional groups attached to an aromatic ring is 1. The molecule has 2 aromatic rings. The molecule has 0 amide bonds. The molecule has 8 nitrogen and oxygen atoms in total. The first kappa shape index (κ1) is 13.1. The van der Waals surface area contributed by atoms with Crippen LogP contribution in [0, 0.1) is 0 Å². The number of nitrogens with one attached hydrogen (secondary N) is 2. The van der Waals surface area contributed by atoms with Gasteiger partial charge in [0.2, 0.25) is 5.95 Å². The van der Waals surface area contributed by atoms with E-state index in [4.69, 9.17) is 5.73 Å². The zero-order chi connectivity index (χ0) is 13.9. The highest BCUT2D eigenvalue weighted by molar-refractivity contribution is 5.83. The summed E-state index contributed by atoms with van der Waals surface area (Å²) in [5.74, 6) is 0.964. The van der Waals surface area contributed by atoms with Crippen molar-refractivity contribution in [3.63, 3.8) is 0 Å². The minimum absolute atomic E-state index is 0.242. The molecule has 1 saturated heterocycles. The van der Waals surface area contributed by atoms with Crippen LogP contribution in [0.1, 0.15) is 0 Å². The minimum atomic E-state index is 0.242. The maximum atomic E-state index is 5.68. The highest BCUT2D eigenvalue weighted by atomic mass is 15.3. The maximum absolute atomic E-state index is 5.68. The molecule has 0 aromatic carbocycles. The van der Waals surface area contributed by atoms with Crippen molar-refractivity contribution < 1.29 is 0 Å². The van der Waals surface area contributed by atoms with Crippen LogP contribution in [-0.4, -0.2) is 76.1 Å². The number of nitrogens with two attached hydrogens (primary N) is 1. The summed E-state index contributed by atoms with van der Waals surface area (Å²) in [6.45, 7) is 6.31. The number of aromatic amines is 1. The van der Waals surface area contributed by atoms with E-state index in [-0.39, 0.29) is 5.95 Å². The maximum Gasteiger partial charge on any atom is 0.224 e. The van der Waals surface area contributed by atoms with E-state index in [2.05, 4.69) is 42.1 Å². The van der Waals surface area contributed by atoms with E-state index in [9.17, 15) is 0 Å². The van der Waals surface area contributed by atoms with Crippen molar-refractivity contribution in [2.75, 3.05) is 57.4 Å². The second-order valence-electron chi connectivity index (χ2n) is 5.10. The van der Waals surface area contributed by atoms with Crippen molar-refractivity contribution >= 4 is 22.9 Å². The predicted octanol–water partition coefficient (Wildman–Crippen LogP) is -0.406. The third kappa shape index (κ3) is 2.81. The second-order valence-corrected chi connectivity index (χ2v) is 5.10. The Morgan fingerprint density at radius 1 is 1.30 bits per heavy atom. The van der Waals surface area contributed by atoms with Crippen LogP contribution in [0.2, 0.25) is 0 Å². The van der Waals surface area contributed by atoms with Crippen molar-refractivity contribution in [1.82, 2.24) is 29.7 Å². The van der Waals surface area contributed by atoms with Crippen molar-refractivity contribution in [2.45, 2.75) is 0 Å². The molecule has 4 N–H and O–H groups in total. The molecular weight excluding hydrogens is 256 g/mol. The number of H-pyrrole nitrogens is 1. The average Bonchev–Trinajstić information content (AvgIpc) is 2.89. The Morgan fingerprint density at radius 3 is 2.90 bits per heavy atom. The lowest BCUT2D eigenvalue weighted by Gasteiger charge is -2.32. The molecule has 1 aliphatic heterocycles. The van der Waals surface area contributed by atoms with E-state index in [1.165, 1.54) is 0 Å². The van der Waals surface area contributed by atoms with Crippen LogP contribution in [-0.2, 0) is 0 Å². The molecular formula is C12H20N8. The first-order chi connectivity index (χ1) is 9.72. The Morgan fingerprint density at radius 2 is 2.10 bits per heavy atom. The van der Waals surface area contributed by atoms with Crippen LogP contribution in [0.25, 0.3) is 11.2 Å². The first-order valence-corrected chi connectivity index (χ1v) is 6.84. The molecule has 0 saturated carbocycles. The fraction of sp³-hybridized carbons (Fsp3) is 0.583. The largest absolute Gasteiger partial charge is 0.368 e. The van der Waals surface area contributed by atoms with Crippen LogP contribution in [0.3, 0.4) is 0 Å². The smallest absolute Gasteiger partial charge is 0.224 e. The van der Waals surface area contributed by atoms with Gasteiger partial charge < -0.3 is 20.9 Å². The molecule has 0 bridgehead atoms. The van der Waals surface area contributed by atoms with E-state index >= 15 is 0 Å². The van der Waals surface area contributed by atoms with Crippen LogP contribution in [0.15, 0.2) is 6.33 Å². The molecule has 1 fully saturated rings. The van der Waals surface area contributed by atoms with Gasteiger partial charge in [0.05, 0.1) is 6.33 Å². The molecule has 1 aliphatic rings. The van der Waals surface area contributed by atoms with E-state index in [1.807, 2.05) is 0 Å². The fourth-order valence-corrected chi connectivity index (χ4v) is 2.38. The Kier molecular flexibility index (Phi) is 3.66. The summed E-state index contributed by atoms with van der Waals surface area (Å²) in [4.78, 5) is 20.2. The molecule has 0 atom stereocenters. The highest BCUT2D eigenvalue weighted by Gasteiger charge is 2.13. The number of likely N-dealkylation sites (N-methyl/N-ethyl adjacent to an activating group) is 1. The molecule has 8 heteroatoms. The van der Waals surface area contributed by atoms with Gasteiger partial charge in [0.1, 0.15) is 5.52 Å². The number of imidazole rings is 1. The topological polar surface area (TPSA) is 99.0 Å². The zero-order valence-electron chi connectivity index (χ0n) is 11.6. The summed E-state index contributed by atoms with van der Waals surface area (Å²) in [7, 11) is 2.16. The van der Waals surface area contributed by atoms with Gasteiger partial charge in [0, 0.05) is 39.3 Å². The summed E-state index contributed by atoms with van der Waals surface area (Å²) < 4.78 is 0. The van der Waals surface area contributed by atoms with E-state index < -0.39 is 0 Å². The lowest BCUT2D eigenvalue weighted by atomic mass is 10.3. The number of fused-ring (bicyclic) bond motifs is 1. The highest BCUT2D eigenvalue weighted by Crippen LogP contribution is 2.16. The minimum Gasteiger partial charge on any atom is -0.368 e. The summed E-state index contributed by atoms with van der Waals surface area (Å²) in [6.07, 6.45) is 1.60. The molecule has 0 unspecified atom stereocenters. The van der Waals surface area contributed by atoms with Crippen LogP contribution in [0.4, 0.5) is 11.8 Å².